The minimum absolute atomic E-state index is 0.0487. The number of aromatic amines is 1. The smallest absolute Gasteiger partial charge is 0.274 e. The molecule has 3 rings (SSSR count). The Hall–Kier alpha value is -1.32. The molecule has 4 heteroatoms. The molecule has 1 heterocycles. The summed E-state index contributed by atoms with van der Waals surface area (Å²) in [6, 6.07) is 2.26. The molecule has 17 heavy (non-hydrogen) atoms. The van der Waals surface area contributed by atoms with Crippen LogP contribution in [0.25, 0.3) is 0 Å². The first kappa shape index (κ1) is 10.8. The molecule has 0 spiro atoms. The number of carbonyl (C=O) groups excluding carboxylic acids is 1. The molecule has 1 aromatic heterocycles. The molecule has 0 saturated heterocycles. The van der Waals surface area contributed by atoms with Crippen LogP contribution >= 0.6 is 0 Å². The summed E-state index contributed by atoms with van der Waals surface area (Å²) in [7, 11) is 1.89. The molecule has 2 aliphatic carbocycles. The van der Waals surface area contributed by atoms with E-state index in [0.29, 0.717) is 23.6 Å². The zero-order valence-electron chi connectivity index (χ0n) is 10.4. The van der Waals surface area contributed by atoms with E-state index < -0.39 is 0 Å². The number of hydrogen-bond acceptors (Lipinski definition) is 2. The lowest BCUT2D eigenvalue weighted by Crippen LogP contribution is -2.36. The Morgan fingerprint density at radius 2 is 2.18 bits per heavy atom. The van der Waals surface area contributed by atoms with Crippen molar-refractivity contribution in [2.45, 2.75) is 44.6 Å². The molecule has 2 fully saturated rings. The van der Waals surface area contributed by atoms with Crippen LogP contribution in [-0.4, -0.2) is 34.1 Å². The van der Waals surface area contributed by atoms with Gasteiger partial charge in [0.2, 0.25) is 0 Å². The largest absolute Gasteiger partial charge is 0.337 e. The number of rotatable bonds is 4. The highest BCUT2D eigenvalue weighted by Gasteiger charge is 2.34. The fraction of sp³-hybridized carbons (Fsp3) is 0.692. The molecule has 1 aromatic rings. The highest BCUT2D eigenvalue weighted by molar-refractivity contribution is 5.92. The van der Waals surface area contributed by atoms with E-state index in [0.717, 1.165) is 5.69 Å². The van der Waals surface area contributed by atoms with E-state index in [9.17, 15) is 4.79 Å². The van der Waals surface area contributed by atoms with Gasteiger partial charge < -0.3 is 4.90 Å². The van der Waals surface area contributed by atoms with E-state index in [1.807, 2.05) is 18.0 Å². The summed E-state index contributed by atoms with van der Waals surface area (Å²) in [5.41, 5.74) is 1.70. The van der Waals surface area contributed by atoms with Gasteiger partial charge in [0.1, 0.15) is 5.69 Å². The van der Waals surface area contributed by atoms with E-state index >= 15 is 0 Å². The normalized spacial score (nSPS) is 21.3. The van der Waals surface area contributed by atoms with Gasteiger partial charge in [-0.05, 0) is 44.6 Å². The van der Waals surface area contributed by atoms with E-state index in [1.54, 1.807) is 0 Å². The summed E-state index contributed by atoms with van der Waals surface area (Å²) in [5.74, 6) is 1.37. The number of aromatic nitrogens is 2. The number of amides is 1. The number of H-pyrrole nitrogens is 1. The maximum Gasteiger partial charge on any atom is 0.274 e. The first-order valence-corrected chi connectivity index (χ1v) is 6.49. The molecule has 0 bridgehead atoms. The van der Waals surface area contributed by atoms with Crippen LogP contribution in [0, 0.1) is 5.92 Å². The van der Waals surface area contributed by atoms with Crippen molar-refractivity contribution >= 4 is 5.91 Å². The van der Waals surface area contributed by atoms with Crippen LogP contribution in [0.3, 0.4) is 0 Å². The first-order valence-electron chi connectivity index (χ1n) is 6.49. The van der Waals surface area contributed by atoms with Crippen LogP contribution in [0.5, 0.6) is 0 Å². The van der Waals surface area contributed by atoms with Crippen molar-refractivity contribution in [2.75, 3.05) is 7.05 Å². The quantitative estimate of drug-likeness (QED) is 0.866. The SMILES string of the molecule is CC(C1CC1)N(C)C(=O)c1cc(C2CC2)[nH]n1. The minimum atomic E-state index is 0.0487. The van der Waals surface area contributed by atoms with Gasteiger partial charge in [0, 0.05) is 24.7 Å². The van der Waals surface area contributed by atoms with Gasteiger partial charge in [0.25, 0.3) is 5.91 Å². The average Bonchev–Trinajstić information content (AvgIpc) is 3.24. The molecule has 1 amide bonds. The average molecular weight is 233 g/mol. The van der Waals surface area contributed by atoms with Crippen molar-refractivity contribution in [1.82, 2.24) is 15.1 Å². The number of nitrogens with one attached hydrogen (secondary N) is 1. The Kier molecular flexibility index (Phi) is 2.45. The Morgan fingerprint density at radius 1 is 1.47 bits per heavy atom. The van der Waals surface area contributed by atoms with Crippen molar-refractivity contribution in [3.63, 3.8) is 0 Å². The second-order valence-electron chi connectivity index (χ2n) is 5.48. The Morgan fingerprint density at radius 3 is 2.76 bits per heavy atom. The van der Waals surface area contributed by atoms with Crippen molar-refractivity contribution < 1.29 is 4.79 Å². The van der Waals surface area contributed by atoms with E-state index in [4.69, 9.17) is 0 Å². The van der Waals surface area contributed by atoms with Gasteiger partial charge in [-0.2, -0.15) is 5.10 Å². The van der Waals surface area contributed by atoms with Crippen molar-refractivity contribution in [2.24, 2.45) is 5.92 Å². The molecular formula is C13H19N3O. The molecule has 2 saturated carbocycles. The van der Waals surface area contributed by atoms with Gasteiger partial charge in [-0.15, -0.1) is 0 Å². The predicted molar refractivity (Wildman–Crippen MR) is 64.8 cm³/mol. The summed E-state index contributed by atoms with van der Waals surface area (Å²) >= 11 is 0. The first-order chi connectivity index (χ1) is 8.16. The summed E-state index contributed by atoms with van der Waals surface area (Å²) in [6.45, 7) is 2.13. The molecule has 2 aliphatic rings. The summed E-state index contributed by atoms with van der Waals surface area (Å²) in [5, 5.41) is 7.13. The highest BCUT2D eigenvalue weighted by atomic mass is 16.2. The molecular weight excluding hydrogens is 214 g/mol. The fourth-order valence-corrected chi connectivity index (χ4v) is 2.31. The molecule has 0 aromatic carbocycles. The van der Waals surface area contributed by atoms with Crippen molar-refractivity contribution in [3.8, 4) is 0 Å². The number of nitrogens with zero attached hydrogens (tertiary/aromatic N) is 2. The lowest BCUT2D eigenvalue weighted by Gasteiger charge is -2.23. The molecule has 4 nitrogen and oxygen atoms in total. The van der Waals surface area contributed by atoms with Gasteiger partial charge in [-0.1, -0.05) is 0 Å². The topological polar surface area (TPSA) is 49.0 Å². The molecule has 1 N–H and O–H groups in total. The Bertz CT molecular complexity index is 432. The van der Waals surface area contributed by atoms with E-state index in [2.05, 4.69) is 17.1 Å². The Labute approximate surface area is 101 Å². The fourth-order valence-electron chi connectivity index (χ4n) is 2.31. The second-order valence-corrected chi connectivity index (χ2v) is 5.48. The lowest BCUT2D eigenvalue weighted by molar-refractivity contribution is 0.0721. The van der Waals surface area contributed by atoms with Gasteiger partial charge in [-0.3, -0.25) is 9.89 Å². The Balaban J connectivity index is 1.70. The molecule has 92 valence electrons. The van der Waals surface area contributed by atoms with E-state index in [1.165, 1.54) is 25.7 Å². The molecule has 1 atom stereocenters. The van der Waals surface area contributed by atoms with Gasteiger partial charge in [0.15, 0.2) is 0 Å². The third-order valence-corrected chi connectivity index (χ3v) is 4.07. The van der Waals surface area contributed by atoms with Gasteiger partial charge in [0.05, 0.1) is 0 Å². The summed E-state index contributed by atoms with van der Waals surface area (Å²) in [6.07, 6.45) is 4.97. The number of hydrogen-bond donors (Lipinski definition) is 1. The molecule has 1 unspecified atom stereocenters. The van der Waals surface area contributed by atoms with E-state index in [-0.39, 0.29) is 5.91 Å². The number of carbonyl (C=O) groups is 1. The van der Waals surface area contributed by atoms with Crippen LogP contribution in [-0.2, 0) is 0 Å². The van der Waals surface area contributed by atoms with Crippen LogP contribution < -0.4 is 0 Å². The third kappa shape index (κ3) is 2.08. The predicted octanol–water partition coefficient (Wildman–Crippen LogP) is 2.16. The lowest BCUT2D eigenvalue weighted by atomic mass is 10.2. The van der Waals surface area contributed by atoms with Crippen molar-refractivity contribution in [3.05, 3.63) is 17.5 Å². The third-order valence-electron chi connectivity index (χ3n) is 4.07. The second kappa shape index (κ2) is 3.86. The molecule has 0 radical (unpaired) electrons. The summed E-state index contributed by atoms with van der Waals surface area (Å²) < 4.78 is 0. The zero-order valence-corrected chi connectivity index (χ0v) is 10.4. The van der Waals surface area contributed by atoms with Crippen LogP contribution in [0.4, 0.5) is 0 Å². The monoisotopic (exact) mass is 233 g/mol. The van der Waals surface area contributed by atoms with Crippen LogP contribution in [0.15, 0.2) is 6.07 Å². The highest BCUT2D eigenvalue weighted by Crippen LogP contribution is 2.39. The maximum atomic E-state index is 12.2. The van der Waals surface area contributed by atoms with Crippen LogP contribution in [0.2, 0.25) is 0 Å². The van der Waals surface area contributed by atoms with Crippen molar-refractivity contribution in [1.29, 1.82) is 0 Å². The zero-order chi connectivity index (χ0) is 12.0. The van der Waals surface area contributed by atoms with Gasteiger partial charge >= 0.3 is 0 Å². The minimum Gasteiger partial charge on any atom is -0.337 e. The maximum absolute atomic E-state index is 12.2. The van der Waals surface area contributed by atoms with Crippen LogP contribution in [0.1, 0.15) is 54.7 Å². The van der Waals surface area contributed by atoms with Gasteiger partial charge in [-0.25, -0.2) is 0 Å². The molecule has 0 aliphatic heterocycles. The standard InChI is InChI=1S/C13H19N3O/c1-8(9-3-4-9)16(2)13(17)12-7-11(14-15-12)10-5-6-10/h7-10H,3-6H2,1-2H3,(H,14,15). The summed E-state index contributed by atoms with van der Waals surface area (Å²) in [4.78, 5) is 14.1.